The molecule has 0 amide bonds. The molecule has 4 rings (SSSR count). The molecule has 154 valence electrons. The fourth-order valence-electron chi connectivity index (χ4n) is 3.77. The van der Waals surface area contributed by atoms with Crippen LogP contribution in [-0.4, -0.2) is 35.3 Å². The molecule has 1 aromatic carbocycles. The van der Waals surface area contributed by atoms with Crippen LogP contribution in [0.25, 0.3) is 17.1 Å². The van der Waals surface area contributed by atoms with E-state index in [2.05, 4.69) is 33.4 Å². The number of anilines is 1. The minimum Gasteiger partial charge on any atom is -0.379 e. The highest BCUT2D eigenvalue weighted by atomic mass is 19.1. The summed E-state index contributed by atoms with van der Waals surface area (Å²) in [5.41, 5.74) is 4.98. The highest BCUT2D eigenvalue weighted by molar-refractivity contribution is 5.58. The number of hydrogen-bond donors (Lipinski definition) is 0. The SMILES string of the molecule is C=C1CCN(C)/C=C\N(C)c2ccc(F)cc2CC[n+]2ccccc2-c2ccnn21. The molecular formula is C24H27FN5+. The number of pyridine rings is 1. The third kappa shape index (κ3) is 4.13. The number of rotatable bonds is 0. The van der Waals surface area contributed by atoms with Gasteiger partial charge in [0.25, 0.3) is 0 Å². The number of aromatic nitrogens is 3. The predicted octanol–water partition coefficient (Wildman–Crippen LogP) is 3.93. The molecule has 2 aromatic heterocycles. The number of hydrogen-bond acceptors (Lipinski definition) is 3. The van der Waals surface area contributed by atoms with Crippen LogP contribution in [0.3, 0.4) is 0 Å². The van der Waals surface area contributed by atoms with Gasteiger partial charge in [0.15, 0.2) is 12.7 Å². The molecule has 0 radical (unpaired) electrons. The van der Waals surface area contributed by atoms with Gasteiger partial charge in [0.05, 0.1) is 6.20 Å². The third-order valence-corrected chi connectivity index (χ3v) is 5.49. The fraction of sp³-hybridized carbons (Fsp3) is 0.250. The second-order valence-corrected chi connectivity index (χ2v) is 7.64. The average molecular weight is 405 g/mol. The highest BCUT2D eigenvalue weighted by Crippen LogP contribution is 2.24. The summed E-state index contributed by atoms with van der Waals surface area (Å²) in [6, 6.07) is 13.1. The van der Waals surface area contributed by atoms with Crippen molar-refractivity contribution in [1.29, 1.82) is 0 Å². The maximum atomic E-state index is 14.0. The fourth-order valence-corrected chi connectivity index (χ4v) is 3.77. The zero-order valence-corrected chi connectivity index (χ0v) is 17.5. The van der Waals surface area contributed by atoms with Gasteiger partial charge in [-0.2, -0.15) is 9.67 Å². The van der Waals surface area contributed by atoms with E-state index >= 15 is 0 Å². The molecule has 0 atom stereocenters. The van der Waals surface area contributed by atoms with Crippen molar-refractivity contribution in [3.05, 3.63) is 85.2 Å². The summed E-state index contributed by atoms with van der Waals surface area (Å²) in [7, 11) is 4.03. The minimum atomic E-state index is -0.214. The molecule has 1 aliphatic heterocycles. The van der Waals surface area contributed by atoms with Crippen molar-refractivity contribution in [3.8, 4) is 11.4 Å². The Labute approximate surface area is 177 Å². The largest absolute Gasteiger partial charge is 0.379 e. The van der Waals surface area contributed by atoms with E-state index in [1.165, 1.54) is 6.07 Å². The molecular weight excluding hydrogens is 377 g/mol. The molecule has 1 aliphatic rings. The van der Waals surface area contributed by atoms with E-state index in [9.17, 15) is 4.39 Å². The lowest BCUT2D eigenvalue weighted by molar-refractivity contribution is -0.686. The lowest BCUT2D eigenvalue weighted by Gasteiger charge is -2.20. The van der Waals surface area contributed by atoms with Gasteiger partial charge in [-0.25, -0.2) is 9.07 Å². The molecule has 0 unspecified atom stereocenters. The predicted molar refractivity (Wildman–Crippen MR) is 118 cm³/mol. The number of halogens is 1. The second-order valence-electron chi connectivity index (χ2n) is 7.64. The van der Waals surface area contributed by atoms with Crippen LogP contribution >= 0.6 is 0 Å². The first-order chi connectivity index (χ1) is 14.5. The van der Waals surface area contributed by atoms with Crippen LogP contribution in [-0.2, 0) is 13.0 Å². The van der Waals surface area contributed by atoms with Crippen molar-refractivity contribution < 1.29 is 8.96 Å². The average Bonchev–Trinajstić information content (AvgIpc) is 3.24. The van der Waals surface area contributed by atoms with Gasteiger partial charge in [-0.15, -0.1) is 0 Å². The minimum absolute atomic E-state index is 0.214. The van der Waals surface area contributed by atoms with Crippen LogP contribution in [0.2, 0.25) is 0 Å². The molecule has 0 aliphatic carbocycles. The van der Waals surface area contributed by atoms with Crippen molar-refractivity contribution in [2.24, 2.45) is 0 Å². The Morgan fingerprint density at radius 2 is 1.93 bits per heavy atom. The van der Waals surface area contributed by atoms with Crippen molar-refractivity contribution >= 4 is 11.4 Å². The summed E-state index contributed by atoms with van der Waals surface area (Å²) in [6.45, 7) is 5.81. The van der Waals surface area contributed by atoms with Crippen LogP contribution in [0, 0.1) is 5.82 Å². The standard InChI is InChI=1S/C24H27FN5/c1-19-10-14-27(2)16-17-28(3)22-8-7-21(25)18-20(22)11-15-29-13-5-4-6-23(29)24-9-12-26-30(19)24/h4-9,12-13,16-18H,1,10-11,14-15H2,2-3H3/q+1/b17-16-. The Balaban J connectivity index is 1.79. The number of benzene rings is 1. The molecule has 0 saturated heterocycles. The summed E-state index contributed by atoms with van der Waals surface area (Å²) < 4.78 is 18.1. The van der Waals surface area contributed by atoms with Crippen LogP contribution in [0.15, 0.2) is 73.8 Å². The number of aryl methyl sites for hydroxylation is 2. The van der Waals surface area contributed by atoms with E-state index < -0.39 is 0 Å². The smallest absolute Gasteiger partial charge is 0.231 e. The van der Waals surface area contributed by atoms with Crippen LogP contribution < -0.4 is 9.47 Å². The maximum Gasteiger partial charge on any atom is 0.231 e. The Kier molecular flexibility index (Phi) is 5.65. The van der Waals surface area contributed by atoms with Gasteiger partial charge >= 0.3 is 0 Å². The van der Waals surface area contributed by atoms with Gasteiger partial charge in [0.2, 0.25) is 5.69 Å². The van der Waals surface area contributed by atoms with E-state index in [0.717, 1.165) is 47.8 Å². The van der Waals surface area contributed by atoms with Gasteiger partial charge < -0.3 is 9.80 Å². The summed E-state index contributed by atoms with van der Waals surface area (Å²) >= 11 is 0. The number of fused-ring (bicyclic) bond motifs is 4. The Morgan fingerprint density at radius 3 is 2.80 bits per heavy atom. The van der Waals surface area contributed by atoms with E-state index in [-0.39, 0.29) is 5.82 Å². The molecule has 0 N–H and O–H groups in total. The number of nitrogens with zero attached hydrogens (tertiary/aromatic N) is 5. The monoisotopic (exact) mass is 404 g/mol. The first-order valence-electron chi connectivity index (χ1n) is 10.1. The molecule has 6 heteroatoms. The Bertz CT molecular complexity index is 1080. The van der Waals surface area contributed by atoms with Crippen LogP contribution in [0.5, 0.6) is 0 Å². The van der Waals surface area contributed by atoms with Gasteiger partial charge in [-0.3, -0.25) is 0 Å². The first-order valence-corrected chi connectivity index (χ1v) is 10.1. The van der Waals surface area contributed by atoms with Crippen LogP contribution in [0.1, 0.15) is 12.0 Å². The first kappa shape index (κ1) is 19.9. The molecule has 0 fully saturated rings. The van der Waals surface area contributed by atoms with Gasteiger partial charge in [0, 0.05) is 69.4 Å². The quantitative estimate of drug-likeness (QED) is 0.532. The summed E-state index contributed by atoms with van der Waals surface area (Å²) in [5, 5.41) is 4.52. The Hall–Kier alpha value is -3.41. The van der Waals surface area contributed by atoms with E-state index in [4.69, 9.17) is 0 Å². The van der Waals surface area contributed by atoms with Gasteiger partial charge in [0.1, 0.15) is 11.5 Å². The highest BCUT2D eigenvalue weighted by Gasteiger charge is 2.19. The lowest BCUT2D eigenvalue weighted by Crippen LogP contribution is -2.37. The molecule has 3 aromatic rings. The molecule has 5 nitrogen and oxygen atoms in total. The van der Waals surface area contributed by atoms with Crippen molar-refractivity contribution in [3.63, 3.8) is 0 Å². The second kappa shape index (κ2) is 8.53. The summed E-state index contributed by atoms with van der Waals surface area (Å²) in [5.74, 6) is -0.214. The summed E-state index contributed by atoms with van der Waals surface area (Å²) in [6.07, 6.45) is 9.41. The van der Waals surface area contributed by atoms with Crippen LogP contribution in [0.4, 0.5) is 10.1 Å². The molecule has 0 bridgehead atoms. The maximum absolute atomic E-state index is 14.0. The van der Waals surface area contributed by atoms with Crippen molar-refractivity contribution in [2.75, 3.05) is 25.5 Å². The zero-order chi connectivity index (χ0) is 21.1. The summed E-state index contributed by atoms with van der Waals surface area (Å²) in [4.78, 5) is 4.16. The van der Waals surface area contributed by atoms with E-state index in [0.29, 0.717) is 6.42 Å². The third-order valence-electron chi connectivity index (χ3n) is 5.49. The Morgan fingerprint density at radius 1 is 1.07 bits per heavy atom. The zero-order valence-electron chi connectivity index (χ0n) is 17.5. The van der Waals surface area contributed by atoms with E-state index in [1.54, 1.807) is 6.07 Å². The molecule has 3 heterocycles. The lowest BCUT2D eigenvalue weighted by atomic mass is 10.1. The van der Waals surface area contributed by atoms with E-state index in [1.807, 2.05) is 66.5 Å². The van der Waals surface area contributed by atoms with Crippen molar-refractivity contribution in [1.82, 2.24) is 14.7 Å². The van der Waals surface area contributed by atoms with Crippen molar-refractivity contribution in [2.45, 2.75) is 19.4 Å². The van der Waals surface area contributed by atoms with Gasteiger partial charge in [-0.05, 0) is 35.9 Å². The van der Waals surface area contributed by atoms with Gasteiger partial charge in [-0.1, -0.05) is 6.58 Å². The topological polar surface area (TPSA) is 28.2 Å². The molecule has 30 heavy (non-hydrogen) atoms. The molecule has 0 saturated carbocycles. The normalized spacial score (nSPS) is 16.2. The molecule has 0 spiro atoms.